The maximum absolute atomic E-state index is 15.5. The van der Waals surface area contributed by atoms with Gasteiger partial charge in [-0.25, -0.2) is 4.39 Å². The summed E-state index contributed by atoms with van der Waals surface area (Å²) >= 11 is 0. The van der Waals surface area contributed by atoms with Crippen LogP contribution in [0.4, 0.5) is 15.9 Å². The number of nitrogens with zero attached hydrogens (tertiary/aromatic N) is 8. The topological polar surface area (TPSA) is 186 Å². The van der Waals surface area contributed by atoms with Crippen LogP contribution in [0, 0.1) is 23.1 Å². The summed E-state index contributed by atoms with van der Waals surface area (Å²) in [7, 11) is 0. The van der Waals surface area contributed by atoms with Gasteiger partial charge in [-0.2, -0.15) is 5.26 Å². The Morgan fingerprint density at radius 3 is 2.29 bits per heavy atom. The summed E-state index contributed by atoms with van der Waals surface area (Å²) < 4.78 is 24.0. The standard InChI is InChI=1S/C46H51FN10O6/c1-27(2)56-18-15-32-39(10-3-29(25-48)42(32)56)63-31-6-4-30(5-7-31)49-43(59)36-8-11-40(52-51-36)55-16-13-28(14-17-55)26-53-19-21-54(22-20-53)38-24-34-33(23-35(38)47)45(61)57(46(34)62)37-9-12-41(58)50-44(37)60/h3,8,10-11,15,18,23-24,27-28,30-31,37H,4-7,9,12-14,16-17,19-22,26H2,1-2H3,(H,49,59)(H,50,58,60). The number of nitrogens with one attached hydrogen (secondary N) is 2. The highest BCUT2D eigenvalue weighted by atomic mass is 19.1. The first-order valence-electron chi connectivity index (χ1n) is 22.1. The summed E-state index contributed by atoms with van der Waals surface area (Å²) in [4.78, 5) is 71.0. The molecule has 17 heteroatoms. The molecule has 0 bridgehead atoms. The average molecular weight is 859 g/mol. The van der Waals surface area contributed by atoms with Crippen LogP contribution < -0.4 is 25.2 Å². The second-order valence-electron chi connectivity index (χ2n) is 17.7. The van der Waals surface area contributed by atoms with Gasteiger partial charge in [0, 0.05) is 75.9 Å². The number of amides is 5. The number of piperidine rings is 2. The molecule has 4 aromatic rings. The summed E-state index contributed by atoms with van der Waals surface area (Å²) in [6, 6.07) is 13.3. The molecule has 6 heterocycles. The van der Waals surface area contributed by atoms with Crippen molar-refractivity contribution in [3.8, 4) is 11.8 Å². The molecule has 1 saturated carbocycles. The Hall–Kier alpha value is -6.41. The monoisotopic (exact) mass is 858 g/mol. The third kappa shape index (κ3) is 8.31. The van der Waals surface area contributed by atoms with Gasteiger partial charge >= 0.3 is 0 Å². The number of benzene rings is 2. The second-order valence-corrected chi connectivity index (χ2v) is 17.7. The van der Waals surface area contributed by atoms with Gasteiger partial charge in [-0.1, -0.05) is 0 Å². The van der Waals surface area contributed by atoms with Crippen LogP contribution in [0.15, 0.2) is 48.7 Å². The average Bonchev–Trinajstić information content (AvgIpc) is 3.84. The van der Waals surface area contributed by atoms with Crippen molar-refractivity contribution in [2.24, 2.45) is 5.92 Å². The van der Waals surface area contributed by atoms with Crippen molar-refractivity contribution in [1.29, 1.82) is 5.26 Å². The molecule has 5 amide bonds. The van der Waals surface area contributed by atoms with Crippen molar-refractivity contribution in [1.82, 2.24) is 35.2 Å². The van der Waals surface area contributed by atoms with E-state index in [1.165, 1.54) is 6.07 Å². The van der Waals surface area contributed by atoms with Crippen molar-refractivity contribution < 1.29 is 33.1 Å². The zero-order valence-corrected chi connectivity index (χ0v) is 35.5. The minimum absolute atomic E-state index is 0.0135. The van der Waals surface area contributed by atoms with Crippen LogP contribution >= 0.6 is 0 Å². The van der Waals surface area contributed by atoms with E-state index in [1.807, 2.05) is 35.4 Å². The molecule has 2 aromatic carbocycles. The Morgan fingerprint density at radius 1 is 0.889 bits per heavy atom. The molecule has 2 aromatic heterocycles. The van der Waals surface area contributed by atoms with Crippen LogP contribution in [0.3, 0.4) is 0 Å². The van der Waals surface area contributed by atoms with E-state index in [0.717, 1.165) is 91.6 Å². The van der Waals surface area contributed by atoms with Gasteiger partial charge < -0.3 is 24.4 Å². The lowest BCUT2D eigenvalue weighted by Crippen LogP contribution is -2.54. The second kappa shape index (κ2) is 17.4. The van der Waals surface area contributed by atoms with E-state index in [-0.39, 0.29) is 59.4 Å². The number of imide groups is 2. The number of aromatic nitrogens is 3. The van der Waals surface area contributed by atoms with Crippen LogP contribution in [0.25, 0.3) is 10.9 Å². The van der Waals surface area contributed by atoms with E-state index >= 15 is 4.39 Å². The Bertz CT molecular complexity index is 2490. The summed E-state index contributed by atoms with van der Waals surface area (Å²) in [6.45, 7) is 9.26. The molecule has 1 aliphatic carbocycles. The molecule has 9 rings (SSSR count). The normalized spacial score (nSPS) is 22.4. The highest BCUT2D eigenvalue weighted by Crippen LogP contribution is 2.36. The Balaban J connectivity index is 0.709. The number of carbonyl (C=O) groups excluding carboxylic acids is 5. The van der Waals surface area contributed by atoms with Crippen LogP contribution in [0.5, 0.6) is 5.75 Å². The molecule has 3 saturated heterocycles. The van der Waals surface area contributed by atoms with Crippen LogP contribution in [-0.4, -0.2) is 118 Å². The molecule has 16 nitrogen and oxygen atoms in total. The molecule has 5 aliphatic rings. The number of anilines is 2. The molecule has 1 atom stereocenters. The van der Waals surface area contributed by atoms with E-state index in [2.05, 4.69) is 55.1 Å². The number of hydrogen-bond donors (Lipinski definition) is 2. The first-order chi connectivity index (χ1) is 30.4. The van der Waals surface area contributed by atoms with Crippen molar-refractivity contribution in [2.75, 3.05) is 55.6 Å². The highest BCUT2D eigenvalue weighted by molar-refractivity contribution is 6.23. The summed E-state index contributed by atoms with van der Waals surface area (Å²) in [6.07, 6.45) is 7.18. The third-order valence-corrected chi connectivity index (χ3v) is 13.4. The number of ether oxygens (including phenoxy) is 1. The summed E-state index contributed by atoms with van der Waals surface area (Å²) in [5.41, 5.74) is 2.07. The smallest absolute Gasteiger partial charge is 0.272 e. The predicted octanol–water partition coefficient (Wildman–Crippen LogP) is 4.58. The molecule has 1 unspecified atom stereocenters. The first-order valence-corrected chi connectivity index (χ1v) is 22.1. The van der Waals surface area contributed by atoms with Gasteiger partial charge in [-0.15, -0.1) is 10.2 Å². The molecular formula is C46H51FN10O6. The van der Waals surface area contributed by atoms with Crippen LogP contribution in [-0.2, 0) is 9.59 Å². The Kier molecular flexibility index (Phi) is 11.6. The van der Waals surface area contributed by atoms with Gasteiger partial charge in [0.2, 0.25) is 11.8 Å². The molecule has 4 aliphatic heterocycles. The van der Waals surface area contributed by atoms with E-state index in [4.69, 9.17) is 4.74 Å². The fourth-order valence-corrected chi connectivity index (χ4v) is 9.86. The van der Waals surface area contributed by atoms with Gasteiger partial charge in [-0.05, 0) is 107 Å². The lowest BCUT2D eigenvalue weighted by Gasteiger charge is -2.39. The molecule has 328 valence electrons. The Morgan fingerprint density at radius 2 is 1.62 bits per heavy atom. The van der Waals surface area contributed by atoms with Crippen molar-refractivity contribution >= 4 is 51.9 Å². The molecular weight excluding hydrogens is 808 g/mol. The minimum Gasteiger partial charge on any atom is -0.490 e. The first kappa shape index (κ1) is 41.9. The number of carbonyl (C=O) groups is 5. The SMILES string of the molecule is CC(C)n1ccc2c(OC3CCC(NC(=O)c4ccc(N5CCC(CN6CCN(c7cc8c(cc7F)C(=O)N(C7CCC(=O)NC7=O)C8=O)CC6)CC5)nn4)CC3)ccc(C#N)c21. The number of piperazine rings is 1. The van der Waals surface area contributed by atoms with Gasteiger partial charge in [-0.3, -0.25) is 39.1 Å². The van der Waals surface area contributed by atoms with Crippen molar-refractivity contribution in [3.05, 3.63) is 76.9 Å². The van der Waals surface area contributed by atoms with Crippen molar-refractivity contribution in [2.45, 2.75) is 89.4 Å². The molecule has 2 N–H and O–H groups in total. The lowest BCUT2D eigenvalue weighted by atomic mass is 9.92. The largest absolute Gasteiger partial charge is 0.490 e. The van der Waals surface area contributed by atoms with E-state index in [0.29, 0.717) is 37.7 Å². The van der Waals surface area contributed by atoms with Gasteiger partial charge in [0.15, 0.2) is 11.5 Å². The zero-order valence-electron chi connectivity index (χ0n) is 35.5. The van der Waals surface area contributed by atoms with Gasteiger partial charge in [0.1, 0.15) is 23.7 Å². The summed E-state index contributed by atoms with van der Waals surface area (Å²) in [5.74, 6) is -1.37. The quantitative estimate of drug-likeness (QED) is 0.212. The number of hydrogen-bond acceptors (Lipinski definition) is 12. The predicted molar refractivity (Wildman–Crippen MR) is 230 cm³/mol. The zero-order chi connectivity index (χ0) is 43.9. The third-order valence-electron chi connectivity index (χ3n) is 13.4. The van der Waals surface area contributed by atoms with Crippen LogP contribution in [0.2, 0.25) is 0 Å². The number of fused-ring (bicyclic) bond motifs is 2. The number of rotatable bonds is 10. The molecule has 0 radical (unpaired) electrons. The maximum Gasteiger partial charge on any atom is 0.272 e. The highest BCUT2D eigenvalue weighted by Gasteiger charge is 2.45. The lowest BCUT2D eigenvalue weighted by molar-refractivity contribution is -0.136. The molecule has 4 fully saturated rings. The minimum atomic E-state index is -1.10. The van der Waals surface area contributed by atoms with Crippen molar-refractivity contribution in [3.63, 3.8) is 0 Å². The fourth-order valence-electron chi connectivity index (χ4n) is 9.86. The number of nitriles is 1. The summed E-state index contributed by atoms with van der Waals surface area (Å²) in [5, 5.41) is 24.7. The molecule has 63 heavy (non-hydrogen) atoms. The molecule has 0 spiro atoms. The number of halogens is 1. The van der Waals surface area contributed by atoms with E-state index < -0.39 is 35.5 Å². The fraction of sp³-hybridized carbons (Fsp3) is 0.478. The van der Waals surface area contributed by atoms with Gasteiger partial charge in [0.05, 0.1) is 34.0 Å². The maximum atomic E-state index is 15.5. The van der Waals surface area contributed by atoms with E-state index in [9.17, 15) is 29.2 Å². The van der Waals surface area contributed by atoms with E-state index in [1.54, 1.807) is 6.07 Å². The van der Waals surface area contributed by atoms with Crippen LogP contribution in [0.1, 0.15) is 108 Å². The Labute approximate surface area is 364 Å². The van der Waals surface area contributed by atoms with Gasteiger partial charge in [0.25, 0.3) is 17.7 Å².